The summed E-state index contributed by atoms with van der Waals surface area (Å²) in [4.78, 5) is 29.8. The second kappa shape index (κ2) is 16.3. The van der Waals surface area contributed by atoms with E-state index in [2.05, 4.69) is 5.32 Å². The van der Waals surface area contributed by atoms with E-state index in [1.807, 2.05) is 51.1 Å². The predicted octanol–water partition coefficient (Wildman–Crippen LogP) is 6.41. The van der Waals surface area contributed by atoms with E-state index in [9.17, 15) is 18.0 Å². The number of carbonyl (C=O) groups excluding carboxylic acids is 2. The van der Waals surface area contributed by atoms with E-state index in [1.54, 1.807) is 60.7 Å². The zero-order valence-corrected chi connectivity index (χ0v) is 27.9. The third kappa shape index (κ3) is 8.89. The Hall–Kier alpha value is -4.34. The Kier molecular flexibility index (Phi) is 12.2. The van der Waals surface area contributed by atoms with Crippen molar-refractivity contribution in [1.82, 2.24) is 10.2 Å². The molecule has 46 heavy (non-hydrogen) atoms. The van der Waals surface area contributed by atoms with Crippen LogP contribution in [-0.4, -0.2) is 50.9 Å². The number of benzene rings is 4. The number of ether oxygens (including phenoxy) is 1. The lowest BCUT2D eigenvalue weighted by Gasteiger charge is -2.34. The molecule has 4 rings (SSSR count). The van der Waals surface area contributed by atoms with Crippen molar-refractivity contribution in [1.29, 1.82) is 0 Å². The van der Waals surface area contributed by atoms with Gasteiger partial charge < -0.3 is 15.0 Å². The minimum atomic E-state index is -4.21. The summed E-state index contributed by atoms with van der Waals surface area (Å²) in [6.07, 6.45) is 0.933. The lowest BCUT2D eigenvalue weighted by molar-refractivity contribution is -0.140. The lowest BCUT2D eigenvalue weighted by Crippen LogP contribution is -2.53. The number of hydrogen-bond acceptors (Lipinski definition) is 5. The molecule has 0 aliphatic heterocycles. The number of nitrogens with one attached hydrogen (secondary N) is 1. The molecule has 0 bridgehead atoms. The fourth-order valence-electron chi connectivity index (χ4n) is 4.97. The smallest absolute Gasteiger partial charge is 0.264 e. The van der Waals surface area contributed by atoms with Crippen molar-refractivity contribution in [3.05, 3.63) is 125 Å². The van der Waals surface area contributed by atoms with Gasteiger partial charge in [-0.25, -0.2) is 8.42 Å². The highest BCUT2D eigenvalue weighted by Crippen LogP contribution is 2.28. The van der Waals surface area contributed by atoms with Gasteiger partial charge in [0.05, 0.1) is 17.2 Å². The van der Waals surface area contributed by atoms with Crippen LogP contribution in [0, 0.1) is 6.92 Å². The van der Waals surface area contributed by atoms with Gasteiger partial charge in [0.1, 0.15) is 18.3 Å². The first-order valence-corrected chi connectivity index (χ1v) is 17.1. The quantitative estimate of drug-likeness (QED) is 0.159. The van der Waals surface area contributed by atoms with Gasteiger partial charge >= 0.3 is 0 Å². The SMILES string of the molecule is CCCNC(=O)[C@@H](Cc1ccccc1)N(Cc1ccccc1Cl)C(=O)CN(c1ccc(OCC)cc1)S(=O)(=O)c1ccc(C)cc1. The maximum Gasteiger partial charge on any atom is 0.264 e. The van der Waals surface area contributed by atoms with Crippen molar-refractivity contribution >= 4 is 39.1 Å². The number of sulfonamides is 1. The fourth-order valence-corrected chi connectivity index (χ4v) is 6.58. The van der Waals surface area contributed by atoms with Crippen LogP contribution in [-0.2, 0) is 32.6 Å². The van der Waals surface area contributed by atoms with Crippen LogP contribution in [0.25, 0.3) is 0 Å². The summed E-state index contributed by atoms with van der Waals surface area (Å²) < 4.78 is 35.0. The van der Waals surface area contributed by atoms with Crippen LogP contribution in [0.5, 0.6) is 5.75 Å². The monoisotopic (exact) mass is 661 g/mol. The second-order valence-electron chi connectivity index (χ2n) is 10.9. The molecule has 1 atom stereocenters. The van der Waals surface area contributed by atoms with Crippen LogP contribution in [0.4, 0.5) is 5.69 Å². The van der Waals surface area contributed by atoms with Gasteiger partial charge in [0.2, 0.25) is 11.8 Å². The molecule has 10 heteroatoms. The molecule has 242 valence electrons. The molecule has 0 radical (unpaired) electrons. The van der Waals surface area contributed by atoms with E-state index in [0.29, 0.717) is 35.9 Å². The van der Waals surface area contributed by atoms with E-state index < -0.39 is 28.5 Å². The number of aryl methyl sites for hydroxylation is 1. The normalized spacial score (nSPS) is 11.8. The molecule has 4 aromatic rings. The van der Waals surface area contributed by atoms with E-state index in [0.717, 1.165) is 15.4 Å². The van der Waals surface area contributed by atoms with Crippen molar-refractivity contribution in [3.8, 4) is 5.75 Å². The Balaban J connectivity index is 1.80. The van der Waals surface area contributed by atoms with Crippen LogP contribution >= 0.6 is 11.6 Å². The highest BCUT2D eigenvalue weighted by molar-refractivity contribution is 7.92. The van der Waals surface area contributed by atoms with Crippen LogP contribution < -0.4 is 14.4 Å². The maximum atomic E-state index is 14.5. The summed E-state index contributed by atoms with van der Waals surface area (Å²) in [7, 11) is -4.21. The summed E-state index contributed by atoms with van der Waals surface area (Å²) in [5, 5.41) is 3.38. The minimum absolute atomic E-state index is 0.00273. The van der Waals surface area contributed by atoms with E-state index in [4.69, 9.17) is 16.3 Å². The zero-order valence-electron chi connectivity index (χ0n) is 26.4. The number of amides is 2. The zero-order chi connectivity index (χ0) is 33.1. The Morgan fingerprint density at radius 2 is 1.52 bits per heavy atom. The summed E-state index contributed by atoms with van der Waals surface area (Å²) in [6.45, 7) is 5.99. The van der Waals surface area contributed by atoms with Gasteiger partial charge in [0, 0.05) is 24.5 Å². The van der Waals surface area contributed by atoms with Crippen molar-refractivity contribution in [2.45, 2.75) is 51.1 Å². The average Bonchev–Trinajstić information content (AvgIpc) is 3.06. The van der Waals surface area contributed by atoms with E-state index >= 15 is 0 Å². The number of anilines is 1. The molecule has 2 amide bonds. The highest BCUT2D eigenvalue weighted by Gasteiger charge is 2.34. The van der Waals surface area contributed by atoms with Crippen LogP contribution in [0.15, 0.2) is 108 Å². The van der Waals surface area contributed by atoms with Gasteiger partial charge in [-0.1, -0.05) is 84.8 Å². The van der Waals surface area contributed by atoms with Crippen molar-refractivity contribution in [2.24, 2.45) is 0 Å². The summed E-state index contributed by atoms with van der Waals surface area (Å²) >= 11 is 6.55. The highest BCUT2D eigenvalue weighted by atomic mass is 35.5. The summed E-state index contributed by atoms with van der Waals surface area (Å²) in [5.74, 6) is -0.321. The van der Waals surface area contributed by atoms with E-state index in [1.165, 1.54) is 17.0 Å². The molecule has 0 aliphatic carbocycles. The van der Waals surface area contributed by atoms with Gasteiger partial charge in [-0.2, -0.15) is 0 Å². The molecule has 0 aliphatic rings. The van der Waals surface area contributed by atoms with Crippen molar-refractivity contribution < 1.29 is 22.7 Å². The molecule has 0 spiro atoms. The maximum absolute atomic E-state index is 14.5. The Morgan fingerprint density at radius 3 is 2.15 bits per heavy atom. The average molecular weight is 662 g/mol. The first-order valence-electron chi connectivity index (χ1n) is 15.3. The van der Waals surface area contributed by atoms with Gasteiger partial charge in [-0.05, 0) is 73.9 Å². The number of nitrogens with zero attached hydrogens (tertiary/aromatic N) is 2. The molecule has 1 N–H and O–H groups in total. The number of halogens is 1. The molecule has 0 saturated carbocycles. The number of carbonyl (C=O) groups is 2. The Bertz CT molecular complexity index is 1700. The van der Waals surface area contributed by atoms with Gasteiger partial charge in [-0.3, -0.25) is 13.9 Å². The summed E-state index contributed by atoms with van der Waals surface area (Å²) in [5.41, 5.74) is 2.67. The Labute approximate surface area is 277 Å². The molecule has 0 saturated heterocycles. The summed E-state index contributed by atoms with van der Waals surface area (Å²) in [6, 6.07) is 28.6. The van der Waals surface area contributed by atoms with Gasteiger partial charge in [0.15, 0.2) is 0 Å². The molecule has 0 heterocycles. The first-order chi connectivity index (χ1) is 22.1. The third-order valence-electron chi connectivity index (χ3n) is 7.44. The standard InChI is InChI=1S/C36H40ClN3O5S/c1-4-23-38-36(42)34(24-28-11-7-6-8-12-28)39(25-29-13-9-10-14-33(29)37)35(41)26-40(30-17-19-31(20-18-30)45-5-2)46(43,44)32-21-15-27(3)16-22-32/h6-22,34H,4-5,23-26H2,1-3H3,(H,38,42)/t34-/m1/s1. The topological polar surface area (TPSA) is 96.0 Å². The molecule has 4 aromatic carbocycles. The van der Waals surface area contributed by atoms with Gasteiger partial charge in [0.25, 0.3) is 10.0 Å². The van der Waals surface area contributed by atoms with Crippen LogP contribution in [0.2, 0.25) is 5.02 Å². The fraction of sp³-hybridized carbons (Fsp3) is 0.278. The lowest BCUT2D eigenvalue weighted by atomic mass is 10.0. The van der Waals surface area contributed by atoms with E-state index in [-0.39, 0.29) is 29.5 Å². The van der Waals surface area contributed by atoms with Crippen LogP contribution in [0.1, 0.15) is 37.0 Å². The molecular formula is C36H40ClN3O5S. The van der Waals surface area contributed by atoms with Crippen molar-refractivity contribution in [3.63, 3.8) is 0 Å². The van der Waals surface area contributed by atoms with Gasteiger partial charge in [-0.15, -0.1) is 0 Å². The third-order valence-corrected chi connectivity index (χ3v) is 9.60. The molecule has 8 nitrogen and oxygen atoms in total. The number of hydrogen-bond donors (Lipinski definition) is 1. The largest absolute Gasteiger partial charge is 0.494 e. The van der Waals surface area contributed by atoms with Crippen molar-refractivity contribution in [2.75, 3.05) is 24.0 Å². The molecular weight excluding hydrogens is 622 g/mol. The second-order valence-corrected chi connectivity index (χ2v) is 13.1. The molecule has 0 unspecified atom stereocenters. The predicted molar refractivity (Wildman–Crippen MR) is 183 cm³/mol. The molecule has 0 fully saturated rings. The first kappa shape index (κ1) is 34.5. The Morgan fingerprint density at radius 1 is 0.870 bits per heavy atom. The van der Waals surface area contributed by atoms with Crippen LogP contribution in [0.3, 0.4) is 0 Å². The minimum Gasteiger partial charge on any atom is -0.494 e. The number of rotatable bonds is 15. The molecule has 0 aromatic heterocycles.